The number of halogens is 1. The Labute approximate surface area is 192 Å². The molecule has 0 spiro atoms. The molecule has 0 aliphatic heterocycles. The monoisotopic (exact) mass is 452 g/mol. The first kappa shape index (κ1) is 23.2. The minimum absolute atomic E-state index is 0.0599. The van der Waals surface area contributed by atoms with Gasteiger partial charge in [-0.05, 0) is 60.9 Å². The van der Waals surface area contributed by atoms with Gasteiger partial charge in [0.05, 0.1) is 11.5 Å². The van der Waals surface area contributed by atoms with Crippen molar-refractivity contribution in [1.82, 2.24) is 0 Å². The number of nitro groups is 1. The molecule has 3 rings (SSSR count). The van der Waals surface area contributed by atoms with Gasteiger partial charge in [-0.25, -0.2) is 0 Å². The van der Waals surface area contributed by atoms with Gasteiger partial charge in [0.15, 0.2) is 11.5 Å². The molecule has 0 atom stereocenters. The van der Waals surface area contributed by atoms with Gasteiger partial charge in [-0.2, -0.15) is 0 Å². The van der Waals surface area contributed by atoms with Crippen LogP contribution in [0, 0.1) is 10.1 Å². The van der Waals surface area contributed by atoms with Crippen LogP contribution in [0.5, 0.6) is 11.5 Å². The predicted octanol–water partition coefficient (Wildman–Crippen LogP) is 6.57. The molecule has 0 heterocycles. The average molecular weight is 453 g/mol. The van der Waals surface area contributed by atoms with Crippen LogP contribution >= 0.6 is 11.6 Å². The summed E-state index contributed by atoms with van der Waals surface area (Å²) in [5.41, 5.74) is 3.83. The molecule has 32 heavy (non-hydrogen) atoms. The van der Waals surface area contributed by atoms with Crippen molar-refractivity contribution in [2.45, 2.75) is 26.5 Å². The minimum Gasteiger partial charge on any atom is -0.490 e. The van der Waals surface area contributed by atoms with Crippen LogP contribution in [0.3, 0.4) is 0 Å². The molecule has 0 amide bonds. The number of anilines is 1. The van der Waals surface area contributed by atoms with Crippen LogP contribution in [-0.4, -0.2) is 11.5 Å². The maximum atomic E-state index is 10.8. The second-order valence-electron chi connectivity index (χ2n) is 7.08. The summed E-state index contributed by atoms with van der Waals surface area (Å²) >= 11 is 5.97. The van der Waals surface area contributed by atoms with Crippen molar-refractivity contribution in [3.8, 4) is 11.5 Å². The summed E-state index contributed by atoms with van der Waals surface area (Å²) in [5.74, 6) is 1.36. The lowest BCUT2D eigenvalue weighted by Gasteiger charge is -2.18. The van der Waals surface area contributed by atoms with E-state index in [1.54, 1.807) is 12.1 Å². The van der Waals surface area contributed by atoms with Gasteiger partial charge in [0, 0.05) is 35.0 Å². The summed E-state index contributed by atoms with van der Waals surface area (Å²) in [6.45, 7) is 7.22. The third-order valence-electron chi connectivity index (χ3n) is 4.73. The zero-order valence-electron chi connectivity index (χ0n) is 17.8. The van der Waals surface area contributed by atoms with E-state index in [2.05, 4.69) is 18.0 Å². The highest BCUT2D eigenvalue weighted by atomic mass is 35.5. The molecule has 0 aliphatic rings. The van der Waals surface area contributed by atoms with Gasteiger partial charge in [-0.1, -0.05) is 29.8 Å². The Bertz CT molecular complexity index is 1070. The number of benzene rings is 3. The Morgan fingerprint density at radius 1 is 1.06 bits per heavy atom. The lowest BCUT2D eigenvalue weighted by molar-refractivity contribution is -0.384. The van der Waals surface area contributed by atoms with E-state index in [1.165, 1.54) is 12.1 Å². The zero-order chi connectivity index (χ0) is 22.9. The molecule has 166 valence electrons. The Morgan fingerprint density at radius 2 is 1.78 bits per heavy atom. The van der Waals surface area contributed by atoms with E-state index < -0.39 is 4.92 Å². The van der Waals surface area contributed by atoms with Gasteiger partial charge < -0.3 is 14.8 Å². The van der Waals surface area contributed by atoms with E-state index in [4.69, 9.17) is 21.1 Å². The molecule has 0 bridgehead atoms. The van der Waals surface area contributed by atoms with Gasteiger partial charge in [0.2, 0.25) is 0 Å². The maximum Gasteiger partial charge on any atom is 0.269 e. The molecule has 3 aromatic carbocycles. The first-order valence-electron chi connectivity index (χ1n) is 10.2. The Kier molecular flexibility index (Phi) is 8.11. The Hall–Kier alpha value is -3.51. The molecule has 7 heteroatoms. The van der Waals surface area contributed by atoms with Gasteiger partial charge in [0.25, 0.3) is 5.69 Å². The maximum absolute atomic E-state index is 10.8. The molecule has 0 saturated heterocycles. The van der Waals surface area contributed by atoms with Crippen molar-refractivity contribution in [2.24, 2.45) is 0 Å². The second kappa shape index (κ2) is 11.2. The van der Waals surface area contributed by atoms with Crippen LogP contribution < -0.4 is 14.8 Å². The molecule has 0 unspecified atom stereocenters. The van der Waals surface area contributed by atoms with Crippen molar-refractivity contribution >= 4 is 23.0 Å². The minimum atomic E-state index is -0.414. The summed E-state index contributed by atoms with van der Waals surface area (Å²) in [6, 6.07) is 17.9. The number of nitro benzene ring substituents is 1. The molecular formula is C25H25ClN2O4. The first-order chi connectivity index (χ1) is 15.5. The lowest BCUT2D eigenvalue weighted by atomic mass is 10.0. The lowest BCUT2D eigenvalue weighted by Crippen LogP contribution is -2.06. The van der Waals surface area contributed by atoms with Gasteiger partial charge in [-0.3, -0.25) is 10.1 Å². The Balaban J connectivity index is 1.80. The number of ether oxygens (including phenoxy) is 2. The number of hydrogen-bond acceptors (Lipinski definition) is 5. The van der Waals surface area contributed by atoms with Crippen LogP contribution in [0.15, 0.2) is 73.3 Å². The number of hydrogen-bond donors (Lipinski definition) is 1. The fraction of sp³-hybridized carbons (Fsp3) is 0.200. The number of rotatable bonds is 11. The van der Waals surface area contributed by atoms with E-state index >= 15 is 0 Å². The molecule has 0 saturated carbocycles. The summed E-state index contributed by atoms with van der Waals surface area (Å²) < 4.78 is 12.0. The molecule has 0 radical (unpaired) electrons. The summed E-state index contributed by atoms with van der Waals surface area (Å²) in [4.78, 5) is 10.4. The third-order valence-corrected chi connectivity index (χ3v) is 4.98. The van der Waals surface area contributed by atoms with Crippen LogP contribution in [0.1, 0.15) is 23.6 Å². The average Bonchev–Trinajstić information content (AvgIpc) is 2.79. The van der Waals surface area contributed by atoms with E-state index in [-0.39, 0.29) is 5.69 Å². The molecule has 0 aliphatic carbocycles. The highest BCUT2D eigenvalue weighted by Gasteiger charge is 2.14. The van der Waals surface area contributed by atoms with Crippen molar-refractivity contribution in [1.29, 1.82) is 0 Å². The number of non-ortho nitro benzene ring substituents is 1. The Morgan fingerprint density at radius 3 is 2.41 bits per heavy atom. The smallest absolute Gasteiger partial charge is 0.269 e. The fourth-order valence-electron chi connectivity index (χ4n) is 3.20. The van der Waals surface area contributed by atoms with E-state index in [0.29, 0.717) is 42.7 Å². The largest absolute Gasteiger partial charge is 0.490 e. The predicted molar refractivity (Wildman–Crippen MR) is 128 cm³/mol. The summed E-state index contributed by atoms with van der Waals surface area (Å²) in [5, 5.41) is 14.8. The summed E-state index contributed by atoms with van der Waals surface area (Å²) in [6.07, 6.45) is 2.45. The summed E-state index contributed by atoms with van der Waals surface area (Å²) in [7, 11) is 0. The zero-order valence-corrected chi connectivity index (χ0v) is 18.6. The molecule has 3 aromatic rings. The van der Waals surface area contributed by atoms with Crippen molar-refractivity contribution in [3.05, 3.63) is 105 Å². The quantitative estimate of drug-likeness (QED) is 0.202. The highest BCUT2D eigenvalue weighted by Crippen LogP contribution is 2.35. The number of nitrogens with one attached hydrogen (secondary N) is 1. The van der Waals surface area contributed by atoms with Crippen molar-refractivity contribution in [3.63, 3.8) is 0 Å². The van der Waals surface area contributed by atoms with Crippen LogP contribution in [-0.2, 0) is 19.6 Å². The van der Waals surface area contributed by atoms with Gasteiger partial charge in [0.1, 0.15) is 6.61 Å². The van der Waals surface area contributed by atoms with Gasteiger partial charge >= 0.3 is 0 Å². The topological polar surface area (TPSA) is 73.6 Å². The molecule has 1 N–H and O–H groups in total. The van der Waals surface area contributed by atoms with Crippen LogP contribution in [0.25, 0.3) is 0 Å². The second-order valence-corrected chi connectivity index (χ2v) is 7.52. The molecule has 6 nitrogen and oxygen atoms in total. The number of nitrogens with zero attached hydrogens (tertiary/aromatic N) is 1. The van der Waals surface area contributed by atoms with Crippen LogP contribution in [0.2, 0.25) is 5.02 Å². The highest BCUT2D eigenvalue weighted by molar-refractivity contribution is 6.30. The van der Waals surface area contributed by atoms with Crippen molar-refractivity contribution in [2.75, 3.05) is 11.9 Å². The van der Waals surface area contributed by atoms with E-state index in [1.807, 2.05) is 43.3 Å². The SMILES string of the molecule is C=CCc1cc(CNc2ccc([N+](=O)[O-])cc2)cc(OCC)c1OCc1ccc(Cl)cc1. The fourth-order valence-corrected chi connectivity index (χ4v) is 3.33. The number of allylic oxidation sites excluding steroid dienone is 1. The van der Waals surface area contributed by atoms with Crippen molar-refractivity contribution < 1.29 is 14.4 Å². The molecule has 0 fully saturated rings. The van der Waals surface area contributed by atoms with Crippen LogP contribution in [0.4, 0.5) is 11.4 Å². The molecular weight excluding hydrogens is 428 g/mol. The van der Waals surface area contributed by atoms with Gasteiger partial charge in [-0.15, -0.1) is 6.58 Å². The van der Waals surface area contributed by atoms with E-state index in [9.17, 15) is 10.1 Å². The standard InChI is InChI=1S/C25H25ClN2O4/c1-3-5-20-14-19(16-27-22-10-12-23(13-11-22)28(29)30)15-24(31-4-2)25(20)32-17-18-6-8-21(26)9-7-18/h3,6-15,27H,1,4-5,16-17H2,2H3. The molecule has 0 aromatic heterocycles. The van der Waals surface area contributed by atoms with E-state index in [0.717, 1.165) is 22.4 Å². The first-order valence-corrected chi connectivity index (χ1v) is 10.6. The normalized spacial score (nSPS) is 10.4. The third kappa shape index (κ3) is 6.25.